The SMILES string of the molecule is CC(=O)c1ccc(OCC(=O)NCCCc2ccccc2)cc1. The van der Waals surface area contributed by atoms with Gasteiger partial charge in [-0.1, -0.05) is 30.3 Å². The molecule has 120 valence electrons. The normalized spacial score (nSPS) is 10.1. The molecule has 0 bridgehead atoms. The van der Waals surface area contributed by atoms with Gasteiger partial charge in [0.1, 0.15) is 5.75 Å². The summed E-state index contributed by atoms with van der Waals surface area (Å²) < 4.78 is 5.39. The molecule has 0 aliphatic carbocycles. The van der Waals surface area contributed by atoms with E-state index >= 15 is 0 Å². The number of rotatable bonds is 8. The Hall–Kier alpha value is -2.62. The van der Waals surface area contributed by atoms with Crippen LogP contribution in [0.5, 0.6) is 5.75 Å². The maximum absolute atomic E-state index is 11.7. The van der Waals surface area contributed by atoms with Crippen molar-refractivity contribution in [3.8, 4) is 5.75 Å². The van der Waals surface area contributed by atoms with Crippen LogP contribution >= 0.6 is 0 Å². The van der Waals surface area contributed by atoms with Crippen LogP contribution in [0.2, 0.25) is 0 Å². The average Bonchev–Trinajstić information content (AvgIpc) is 2.58. The third-order valence-electron chi connectivity index (χ3n) is 3.44. The van der Waals surface area contributed by atoms with Gasteiger partial charge in [0.15, 0.2) is 12.4 Å². The smallest absolute Gasteiger partial charge is 0.257 e. The van der Waals surface area contributed by atoms with E-state index in [4.69, 9.17) is 4.74 Å². The van der Waals surface area contributed by atoms with Crippen LogP contribution in [0.25, 0.3) is 0 Å². The molecule has 0 atom stereocenters. The molecule has 0 spiro atoms. The number of hydrogen-bond donors (Lipinski definition) is 1. The number of carbonyl (C=O) groups is 2. The highest BCUT2D eigenvalue weighted by Crippen LogP contribution is 2.12. The predicted octanol–water partition coefficient (Wildman–Crippen LogP) is 3.02. The van der Waals surface area contributed by atoms with Crippen LogP contribution in [0, 0.1) is 0 Å². The van der Waals surface area contributed by atoms with E-state index in [9.17, 15) is 9.59 Å². The zero-order valence-corrected chi connectivity index (χ0v) is 13.2. The number of carbonyl (C=O) groups excluding carboxylic acids is 2. The number of Topliss-reactive ketones (excluding diaryl/α,β-unsaturated/α-hetero) is 1. The second-order valence-electron chi connectivity index (χ2n) is 5.31. The first-order chi connectivity index (χ1) is 11.1. The summed E-state index contributed by atoms with van der Waals surface area (Å²) in [6.07, 6.45) is 1.83. The Kier molecular flexibility index (Phi) is 6.36. The van der Waals surface area contributed by atoms with E-state index in [0.717, 1.165) is 12.8 Å². The Bertz CT molecular complexity index is 635. The van der Waals surface area contributed by atoms with Gasteiger partial charge in [0, 0.05) is 12.1 Å². The van der Waals surface area contributed by atoms with Crippen molar-refractivity contribution >= 4 is 11.7 Å². The van der Waals surface area contributed by atoms with Crippen molar-refractivity contribution in [2.45, 2.75) is 19.8 Å². The minimum absolute atomic E-state index is 0.00714. The largest absolute Gasteiger partial charge is 0.484 e. The van der Waals surface area contributed by atoms with Crippen molar-refractivity contribution < 1.29 is 14.3 Å². The zero-order valence-electron chi connectivity index (χ0n) is 13.2. The third-order valence-corrected chi connectivity index (χ3v) is 3.44. The lowest BCUT2D eigenvalue weighted by Crippen LogP contribution is -2.29. The van der Waals surface area contributed by atoms with Gasteiger partial charge in [0.05, 0.1) is 0 Å². The number of ketones is 1. The summed E-state index contributed by atoms with van der Waals surface area (Å²) in [5.41, 5.74) is 1.89. The third kappa shape index (κ3) is 5.94. The van der Waals surface area contributed by atoms with Crippen LogP contribution < -0.4 is 10.1 Å². The van der Waals surface area contributed by atoms with E-state index in [0.29, 0.717) is 17.9 Å². The lowest BCUT2D eigenvalue weighted by molar-refractivity contribution is -0.123. The molecule has 0 aromatic heterocycles. The summed E-state index contributed by atoms with van der Waals surface area (Å²) in [4.78, 5) is 22.9. The Morgan fingerprint density at radius 1 is 1.00 bits per heavy atom. The van der Waals surface area contributed by atoms with E-state index < -0.39 is 0 Å². The first-order valence-corrected chi connectivity index (χ1v) is 7.69. The first-order valence-electron chi connectivity index (χ1n) is 7.69. The summed E-state index contributed by atoms with van der Waals surface area (Å²) in [7, 11) is 0. The summed E-state index contributed by atoms with van der Waals surface area (Å²) in [6, 6.07) is 16.9. The fourth-order valence-corrected chi connectivity index (χ4v) is 2.15. The molecule has 23 heavy (non-hydrogen) atoms. The van der Waals surface area contributed by atoms with Gasteiger partial charge in [0.2, 0.25) is 0 Å². The Morgan fingerprint density at radius 3 is 2.35 bits per heavy atom. The van der Waals surface area contributed by atoms with Gasteiger partial charge < -0.3 is 10.1 Å². The van der Waals surface area contributed by atoms with E-state index in [-0.39, 0.29) is 18.3 Å². The number of benzene rings is 2. The second-order valence-corrected chi connectivity index (χ2v) is 5.31. The van der Waals surface area contributed by atoms with E-state index in [1.54, 1.807) is 24.3 Å². The Labute approximate surface area is 136 Å². The average molecular weight is 311 g/mol. The van der Waals surface area contributed by atoms with Crippen molar-refractivity contribution in [2.24, 2.45) is 0 Å². The molecular formula is C19H21NO3. The lowest BCUT2D eigenvalue weighted by Gasteiger charge is -2.08. The van der Waals surface area contributed by atoms with Gasteiger partial charge in [-0.2, -0.15) is 0 Å². The van der Waals surface area contributed by atoms with Crippen molar-refractivity contribution in [3.63, 3.8) is 0 Å². The fourth-order valence-electron chi connectivity index (χ4n) is 2.15. The maximum atomic E-state index is 11.7. The summed E-state index contributed by atoms with van der Waals surface area (Å²) in [5.74, 6) is 0.441. The Morgan fingerprint density at radius 2 is 1.70 bits per heavy atom. The molecule has 1 N–H and O–H groups in total. The minimum Gasteiger partial charge on any atom is -0.484 e. The molecule has 0 fully saturated rings. The molecule has 1 amide bonds. The lowest BCUT2D eigenvalue weighted by atomic mass is 10.1. The number of amides is 1. The fraction of sp³-hybridized carbons (Fsp3) is 0.263. The number of hydrogen-bond acceptors (Lipinski definition) is 3. The molecule has 0 saturated carbocycles. The van der Waals surface area contributed by atoms with Crippen LogP contribution in [0.4, 0.5) is 0 Å². The van der Waals surface area contributed by atoms with Gasteiger partial charge >= 0.3 is 0 Å². The molecule has 2 aromatic carbocycles. The standard InChI is InChI=1S/C19H21NO3/c1-15(21)17-9-11-18(12-10-17)23-14-19(22)20-13-5-8-16-6-3-2-4-7-16/h2-4,6-7,9-12H,5,8,13-14H2,1H3,(H,20,22). The summed E-state index contributed by atoms with van der Waals surface area (Å²) in [5, 5.41) is 2.83. The number of ether oxygens (including phenoxy) is 1. The highest BCUT2D eigenvalue weighted by Gasteiger charge is 2.03. The summed E-state index contributed by atoms with van der Waals surface area (Å²) in [6.45, 7) is 2.11. The first kappa shape index (κ1) is 16.7. The van der Waals surface area contributed by atoms with Crippen LogP contribution in [0.3, 0.4) is 0 Å². The van der Waals surface area contributed by atoms with Gasteiger partial charge in [-0.25, -0.2) is 0 Å². The molecule has 4 nitrogen and oxygen atoms in total. The maximum Gasteiger partial charge on any atom is 0.257 e. The van der Waals surface area contributed by atoms with Gasteiger partial charge in [-0.3, -0.25) is 9.59 Å². The highest BCUT2D eigenvalue weighted by molar-refractivity contribution is 5.94. The molecular weight excluding hydrogens is 290 g/mol. The van der Waals surface area contributed by atoms with E-state index in [1.807, 2.05) is 18.2 Å². The number of nitrogens with one attached hydrogen (secondary N) is 1. The van der Waals surface area contributed by atoms with Crippen molar-refractivity contribution in [2.75, 3.05) is 13.2 Å². The number of aryl methyl sites for hydroxylation is 1. The van der Waals surface area contributed by atoms with E-state index in [1.165, 1.54) is 12.5 Å². The van der Waals surface area contributed by atoms with Crippen LogP contribution in [-0.2, 0) is 11.2 Å². The second kappa shape index (κ2) is 8.73. The molecule has 0 aliphatic rings. The molecule has 4 heteroatoms. The van der Waals surface area contributed by atoms with Gasteiger partial charge in [0.25, 0.3) is 5.91 Å². The van der Waals surface area contributed by atoms with Crippen LogP contribution in [-0.4, -0.2) is 24.8 Å². The molecule has 0 heterocycles. The minimum atomic E-state index is -0.145. The zero-order chi connectivity index (χ0) is 16.5. The van der Waals surface area contributed by atoms with Crippen molar-refractivity contribution in [3.05, 3.63) is 65.7 Å². The summed E-state index contributed by atoms with van der Waals surface area (Å²) >= 11 is 0. The predicted molar refractivity (Wildman–Crippen MR) is 89.7 cm³/mol. The van der Waals surface area contributed by atoms with Gasteiger partial charge in [-0.15, -0.1) is 0 Å². The molecule has 0 saturated heterocycles. The molecule has 0 aliphatic heterocycles. The topological polar surface area (TPSA) is 55.4 Å². The molecule has 0 unspecified atom stereocenters. The van der Waals surface area contributed by atoms with Crippen LogP contribution in [0.1, 0.15) is 29.3 Å². The van der Waals surface area contributed by atoms with Gasteiger partial charge in [-0.05, 0) is 49.6 Å². The van der Waals surface area contributed by atoms with E-state index in [2.05, 4.69) is 17.4 Å². The quantitative estimate of drug-likeness (QED) is 0.602. The molecule has 2 rings (SSSR count). The van der Waals surface area contributed by atoms with Crippen molar-refractivity contribution in [1.29, 1.82) is 0 Å². The molecule has 0 radical (unpaired) electrons. The van der Waals surface area contributed by atoms with Crippen molar-refractivity contribution in [1.82, 2.24) is 5.32 Å². The Balaban J connectivity index is 1.64. The van der Waals surface area contributed by atoms with Crippen LogP contribution in [0.15, 0.2) is 54.6 Å². The monoisotopic (exact) mass is 311 g/mol. The molecule has 2 aromatic rings. The highest BCUT2D eigenvalue weighted by atomic mass is 16.5.